The van der Waals surface area contributed by atoms with Crippen molar-refractivity contribution in [3.63, 3.8) is 0 Å². The molecule has 0 spiro atoms. The molecule has 1 heterocycles. The van der Waals surface area contributed by atoms with E-state index >= 15 is 0 Å². The molecule has 1 aliphatic rings. The normalized spacial score (nSPS) is 24.3. The lowest BCUT2D eigenvalue weighted by atomic mass is 10.2. The van der Waals surface area contributed by atoms with Gasteiger partial charge in [0.2, 0.25) is 0 Å². The lowest BCUT2D eigenvalue weighted by molar-refractivity contribution is 0.414. The van der Waals surface area contributed by atoms with E-state index in [1.165, 1.54) is 19.2 Å². The van der Waals surface area contributed by atoms with Crippen LogP contribution in [0.2, 0.25) is 0 Å². The second kappa shape index (κ2) is 6.55. The van der Waals surface area contributed by atoms with Crippen molar-refractivity contribution in [3.8, 4) is 5.75 Å². The molecule has 1 aromatic rings. The second-order valence-corrected chi connectivity index (χ2v) is 9.72. The summed E-state index contributed by atoms with van der Waals surface area (Å²) in [5, 5.41) is 2.11. The number of rotatable bonds is 6. The zero-order valence-corrected chi connectivity index (χ0v) is 14.3. The van der Waals surface area contributed by atoms with Crippen LogP contribution < -0.4 is 10.1 Å². The number of hydrogen-bond donors (Lipinski definition) is 1. The van der Waals surface area contributed by atoms with E-state index in [-0.39, 0.29) is 16.4 Å². The maximum Gasteiger partial charge on any atom is 0.183 e. The number of nitrogens with one attached hydrogen (secondary N) is 1. The van der Waals surface area contributed by atoms with Crippen molar-refractivity contribution in [2.24, 2.45) is 0 Å². The molecule has 0 unspecified atom stereocenters. The van der Waals surface area contributed by atoms with Crippen molar-refractivity contribution in [2.75, 3.05) is 25.2 Å². The summed E-state index contributed by atoms with van der Waals surface area (Å²) in [4.78, 5) is 0.124. The van der Waals surface area contributed by atoms with Crippen molar-refractivity contribution in [3.05, 3.63) is 24.3 Å². The first-order chi connectivity index (χ1) is 10.3. The van der Waals surface area contributed by atoms with Crippen LogP contribution in [0.4, 0.5) is 0 Å². The van der Waals surface area contributed by atoms with Crippen LogP contribution in [0.15, 0.2) is 29.2 Å². The van der Waals surface area contributed by atoms with Crippen LogP contribution in [0.25, 0.3) is 0 Å². The molecule has 6 nitrogen and oxygen atoms in total. The minimum absolute atomic E-state index is 0.124. The summed E-state index contributed by atoms with van der Waals surface area (Å²) in [7, 11) is -5.56. The lowest BCUT2D eigenvalue weighted by Gasteiger charge is -2.19. The smallest absolute Gasteiger partial charge is 0.183 e. The third kappa shape index (κ3) is 3.61. The van der Waals surface area contributed by atoms with Crippen molar-refractivity contribution in [1.82, 2.24) is 5.32 Å². The SMILES string of the molecule is CCCN[C@H]1CS(=O)(=O)C[C@@H]1S(=O)(=O)c1ccc(OC)cc1. The number of ether oxygens (including phenoxy) is 1. The Bertz CT molecular complexity index is 710. The maximum absolute atomic E-state index is 12.8. The Morgan fingerprint density at radius 3 is 2.41 bits per heavy atom. The number of benzene rings is 1. The van der Waals surface area contributed by atoms with Gasteiger partial charge in [-0.3, -0.25) is 0 Å². The molecule has 1 aliphatic heterocycles. The highest BCUT2D eigenvalue weighted by Crippen LogP contribution is 2.27. The van der Waals surface area contributed by atoms with Gasteiger partial charge in [0.05, 0.1) is 28.8 Å². The molecule has 2 rings (SSSR count). The third-order valence-electron chi connectivity index (χ3n) is 3.74. The predicted octanol–water partition coefficient (Wildman–Crippen LogP) is 0.634. The van der Waals surface area contributed by atoms with Crippen molar-refractivity contribution in [1.29, 1.82) is 0 Å². The zero-order chi connectivity index (χ0) is 16.4. The maximum atomic E-state index is 12.8. The molecule has 22 heavy (non-hydrogen) atoms. The van der Waals surface area contributed by atoms with Crippen molar-refractivity contribution >= 4 is 19.7 Å². The average Bonchev–Trinajstić information content (AvgIpc) is 2.81. The topological polar surface area (TPSA) is 89.5 Å². The first-order valence-electron chi connectivity index (χ1n) is 7.12. The van der Waals surface area contributed by atoms with Gasteiger partial charge in [-0.05, 0) is 37.2 Å². The molecule has 0 aromatic heterocycles. The highest BCUT2D eigenvalue weighted by molar-refractivity contribution is 7.96. The largest absolute Gasteiger partial charge is 0.497 e. The van der Waals surface area contributed by atoms with Gasteiger partial charge < -0.3 is 10.1 Å². The van der Waals surface area contributed by atoms with Crippen LogP contribution in [0.5, 0.6) is 5.75 Å². The Morgan fingerprint density at radius 1 is 1.23 bits per heavy atom. The first-order valence-corrected chi connectivity index (χ1v) is 10.5. The van der Waals surface area contributed by atoms with E-state index in [0.717, 1.165) is 6.42 Å². The van der Waals surface area contributed by atoms with Gasteiger partial charge in [-0.2, -0.15) is 0 Å². The first kappa shape index (κ1) is 17.2. The number of hydrogen-bond acceptors (Lipinski definition) is 6. The summed E-state index contributed by atoms with van der Waals surface area (Å²) in [6, 6.07) is 5.47. The van der Waals surface area contributed by atoms with E-state index < -0.39 is 31.0 Å². The van der Waals surface area contributed by atoms with E-state index in [9.17, 15) is 16.8 Å². The summed E-state index contributed by atoms with van der Waals surface area (Å²) in [5.41, 5.74) is 0. The molecular formula is C14H21NO5S2. The highest BCUT2D eigenvalue weighted by atomic mass is 32.2. The molecule has 8 heteroatoms. The van der Waals surface area contributed by atoms with Gasteiger partial charge in [-0.25, -0.2) is 16.8 Å². The Morgan fingerprint density at radius 2 is 1.86 bits per heavy atom. The van der Waals surface area contributed by atoms with E-state index in [1.807, 2.05) is 6.92 Å². The number of methoxy groups -OCH3 is 1. The standard InChI is InChI=1S/C14H21NO5S2/c1-3-8-15-13-9-21(16,17)10-14(13)22(18,19)12-6-4-11(20-2)5-7-12/h4-7,13-15H,3,8-10H2,1-2H3/t13-,14-/m0/s1. The Kier molecular flexibility index (Phi) is 5.14. The molecule has 1 saturated heterocycles. The summed E-state index contributed by atoms with van der Waals surface area (Å²) in [6.07, 6.45) is 0.811. The molecular weight excluding hydrogens is 326 g/mol. The summed E-state index contributed by atoms with van der Waals surface area (Å²) >= 11 is 0. The fourth-order valence-electron chi connectivity index (χ4n) is 2.58. The zero-order valence-electron chi connectivity index (χ0n) is 12.7. The van der Waals surface area contributed by atoms with Gasteiger partial charge in [0, 0.05) is 6.04 Å². The van der Waals surface area contributed by atoms with Crippen LogP contribution in [0.1, 0.15) is 13.3 Å². The van der Waals surface area contributed by atoms with Gasteiger partial charge in [-0.15, -0.1) is 0 Å². The number of sulfone groups is 2. The predicted molar refractivity (Wildman–Crippen MR) is 84.7 cm³/mol. The van der Waals surface area contributed by atoms with Crippen LogP contribution in [-0.4, -0.2) is 53.3 Å². The van der Waals surface area contributed by atoms with Crippen LogP contribution >= 0.6 is 0 Å². The average molecular weight is 347 g/mol. The lowest BCUT2D eigenvalue weighted by Crippen LogP contribution is -2.43. The van der Waals surface area contributed by atoms with Gasteiger partial charge >= 0.3 is 0 Å². The van der Waals surface area contributed by atoms with Crippen LogP contribution in [0.3, 0.4) is 0 Å². The summed E-state index contributed by atoms with van der Waals surface area (Å²) in [5.74, 6) is 0.0918. The minimum Gasteiger partial charge on any atom is -0.497 e. The Labute approximate surface area is 131 Å². The van der Waals surface area contributed by atoms with E-state index in [0.29, 0.717) is 12.3 Å². The molecule has 1 aromatic carbocycles. The fraction of sp³-hybridized carbons (Fsp3) is 0.571. The van der Waals surface area contributed by atoms with Crippen LogP contribution in [0, 0.1) is 0 Å². The Balaban J connectivity index is 2.32. The Hall–Kier alpha value is -1.12. The quantitative estimate of drug-likeness (QED) is 0.812. The molecule has 0 saturated carbocycles. The summed E-state index contributed by atoms with van der Waals surface area (Å²) < 4.78 is 54.2. The molecule has 0 aliphatic carbocycles. The van der Waals surface area contributed by atoms with E-state index in [1.54, 1.807) is 12.1 Å². The molecule has 2 atom stereocenters. The molecule has 0 bridgehead atoms. The highest BCUT2D eigenvalue weighted by Gasteiger charge is 2.45. The molecule has 1 fully saturated rings. The minimum atomic E-state index is -3.71. The molecule has 1 N–H and O–H groups in total. The van der Waals surface area contributed by atoms with Gasteiger partial charge in [0.15, 0.2) is 19.7 Å². The van der Waals surface area contributed by atoms with Gasteiger partial charge in [0.1, 0.15) is 5.75 Å². The van der Waals surface area contributed by atoms with Crippen LogP contribution in [-0.2, 0) is 19.7 Å². The van der Waals surface area contributed by atoms with Gasteiger partial charge in [0.25, 0.3) is 0 Å². The molecule has 0 radical (unpaired) electrons. The molecule has 124 valence electrons. The third-order valence-corrected chi connectivity index (χ3v) is 7.91. The molecule has 0 amide bonds. The van der Waals surface area contributed by atoms with E-state index in [2.05, 4.69) is 5.32 Å². The second-order valence-electron chi connectivity index (χ2n) is 5.40. The van der Waals surface area contributed by atoms with Crippen molar-refractivity contribution in [2.45, 2.75) is 29.5 Å². The summed E-state index contributed by atoms with van der Waals surface area (Å²) in [6.45, 7) is 2.54. The fourth-order valence-corrected chi connectivity index (χ4v) is 7.30. The van der Waals surface area contributed by atoms with Crippen molar-refractivity contribution < 1.29 is 21.6 Å². The monoisotopic (exact) mass is 347 g/mol. The van der Waals surface area contributed by atoms with E-state index in [4.69, 9.17) is 4.74 Å². The van der Waals surface area contributed by atoms with Gasteiger partial charge in [-0.1, -0.05) is 6.92 Å².